The first kappa shape index (κ1) is 15.1. The van der Waals surface area contributed by atoms with Gasteiger partial charge in [-0.1, -0.05) is 30.3 Å². The molecule has 3 heterocycles. The molecule has 2 bridgehead atoms. The number of nitrogens with zero attached hydrogens (tertiary/aromatic N) is 1. The minimum atomic E-state index is -2.01. The molecule has 1 aromatic rings. The van der Waals surface area contributed by atoms with E-state index >= 15 is 0 Å². The van der Waals surface area contributed by atoms with Gasteiger partial charge in [0, 0.05) is 24.9 Å². The number of morpholine rings is 1. The number of esters is 1. The zero-order valence-corrected chi connectivity index (χ0v) is 13.0. The maximum atomic E-state index is 12.5. The number of epoxide rings is 1. The van der Waals surface area contributed by atoms with E-state index in [4.69, 9.17) is 9.47 Å². The second-order valence-electron chi connectivity index (χ2n) is 6.75. The molecular weight excluding hydrogens is 298 g/mol. The maximum absolute atomic E-state index is 12.5. The number of hydrogen-bond donors (Lipinski definition) is 2. The lowest BCUT2D eigenvalue weighted by molar-refractivity contribution is -0.181. The smallest absolute Gasteiger partial charge is 0.345 e. The Morgan fingerprint density at radius 2 is 1.91 bits per heavy atom. The molecule has 0 amide bonds. The first-order valence-corrected chi connectivity index (χ1v) is 8.02. The number of carbonyl (C=O) groups is 1. The molecule has 2 unspecified atom stereocenters. The zero-order valence-electron chi connectivity index (χ0n) is 13.0. The molecule has 0 spiro atoms. The van der Waals surface area contributed by atoms with Gasteiger partial charge in [-0.25, -0.2) is 4.79 Å². The predicted octanol–water partition coefficient (Wildman–Crippen LogP) is 0.0221. The number of fused-ring (bicyclic) bond motifs is 5. The van der Waals surface area contributed by atoms with E-state index in [1.165, 1.54) is 0 Å². The normalized spacial score (nSPS) is 37.8. The fourth-order valence-electron chi connectivity index (χ4n) is 4.03. The molecule has 3 saturated heterocycles. The van der Waals surface area contributed by atoms with Crippen molar-refractivity contribution in [2.45, 2.75) is 48.8 Å². The summed E-state index contributed by atoms with van der Waals surface area (Å²) >= 11 is 0. The number of aliphatic hydroxyl groups excluding tert-OH is 1. The van der Waals surface area contributed by atoms with E-state index in [1.807, 2.05) is 0 Å². The van der Waals surface area contributed by atoms with Crippen LogP contribution in [0.15, 0.2) is 30.3 Å². The summed E-state index contributed by atoms with van der Waals surface area (Å²) in [7, 11) is 2.08. The quantitative estimate of drug-likeness (QED) is 0.601. The molecule has 23 heavy (non-hydrogen) atoms. The van der Waals surface area contributed by atoms with Crippen molar-refractivity contribution < 1.29 is 24.5 Å². The molecule has 6 nitrogen and oxygen atoms in total. The fraction of sp³-hybridized carbons (Fsp3) is 0.588. The molecule has 0 aromatic heterocycles. The lowest BCUT2D eigenvalue weighted by Gasteiger charge is -2.38. The Hall–Kier alpha value is -1.47. The topological polar surface area (TPSA) is 82.5 Å². The van der Waals surface area contributed by atoms with Crippen molar-refractivity contribution in [2.24, 2.45) is 0 Å². The standard InChI is InChI=1S/C17H21NO5/c1-18-12-7-11(8-13(18)15-14(12)23-15)22-16(20)17(21,9-19)10-5-3-2-4-6-10/h2-6,11-15,19,21H,7-9H2,1H3/t11?,12-,13-,14-,15+,17?/m1/s1. The van der Waals surface area contributed by atoms with Crippen LogP contribution >= 0.6 is 0 Å². The van der Waals surface area contributed by atoms with Gasteiger partial charge in [-0.2, -0.15) is 0 Å². The average molecular weight is 319 g/mol. The number of aliphatic hydroxyl groups is 2. The molecule has 6 atom stereocenters. The summed E-state index contributed by atoms with van der Waals surface area (Å²) in [6, 6.07) is 8.98. The molecule has 0 radical (unpaired) electrons. The number of hydrogen-bond acceptors (Lipinski definition) is 6. The Balaban J connectivity index is 1.47. The lowest BCUT2D eigenvalue weighted by Crippen LogP contribution is -2.50. The fourth-order valence-corrected chi connectivity index (χ4v) is 4.03. The Bertz CT molecular complexity index is 590. The molecule has 3 aliphatic rings. The number of carbonyl (C=O) groups excluding carboxylic acids is 1. The average Bonchev–Trinajstić information content (AvgIpc) is 3.33. The summed E-state index contributed by atoms with van der Waals surface area (Å²) in [4.78, 5) is 14.8. The van der Waals surface area contributed by atoms with Gasteiger partial charge >= 0.3 is 5.97 Å². The zero-order chi connectivity index (χ0) is 16.2. The Morgan fingerprint density at radius 3 is 2.48 bits per heavy atom. The minimum absolute atomic E-state index is 0.244. The van der Waals surface area contributed by atoms with Gasteiger partial charge in [-0.3, -0.25) is 4.90 Å². The van der Waals surface area contributed by atoms with Crippen LogP contribution in [-0.4, -0.2) is 65.1 Å². The molecule has 6 heteroatoms. The first-order chi connectivity index (χ1) is 11.0. The van der Waals surface area contributed by atoms with Crippen molar-refractivity contribution in [3.63, 3.8) is 0 Å². The summed E-state index contributed by atoms with van der Waals surface area (Å²) in [5, 5.41) is 20.2. The lowest BCUT2D eigenvalue weighted by atomic mass is 9.94. The van der Waals surface area contributed by atoms with Crippen LogP contribution in [0, 0.1) is 0 Å². The molecule has 124 valence electrons. The first-order valence-electron chi connectivity index (χ1n) is 8.02. The van der Waals surface area contributed by atoms with Crippen molar-refractivity contribution in [2.75, 3.05) is 13.7 Å². The van der Waals surface area contributed by atoms with Gasteiger partial charge in [0.05, 0.1) is 6.61 Å². The third kappa shape index (κ3) is 2.29. The number of rotatable bonds is 4. The van der Waals surface area contributed by atoms with Gasteiger partial charge in [0.1, 0.15) is 18.3 Å². The highest BCUT2D eigenvalue weighted by molar-refractivity contribution is 5.81. The second-order valence-corrected chi connectivity index (χ2v) is 6.75. The molecule has 3 fully saturated rings. The van der Waals surface area contributed by atoms with Crippen LogP contribution in [-0.2, 0) is 19.9 Å². The van der Waals surface area contributed by atoms with Gasteiger partial charge in [0.25, 0.3) is 0 Å². The number of benzene rings is 1. The maximum Gasteiger partial charge on any atom is 0.345 e. The van der Waals surface area contributed by atoms with Gasteiger partial charge in [-0.05, 0) is 12.6 Å². The second kappa shape index (κ2) is 5.27. The van der Waals surface area contributed by atoms with E-state index in [1.54, 1.807) is 30.3 Å². The van der Waals surface area contributed by atoms with E-state index < -0.39 is 18.2 Å². The highest BCUT2D eigenvalue weighted by atomic mass is 16.6. The van der Waals surface area contributed by atoms with Gasteiger partial charge in [-0.15, -0.1) is 0 Å². The summed E-state index contributed by atoms with van der Waals surface area (Å²) < 4.78 is 11.2. The Morgan fingerprint density at radius 1 is 1.30 bits per heavy atom. The molecule has 3 aliphatic heterocycles. The van der Waals surface area contributed by atoms with E-state index in [-0.39, 0.29) is 30.4 Å². The number of piperidine rings is 1. The monoisotopic (exact) mass is 319 g/mol. The van der Waals surface area contributed by atoms with Crippen LogP contribution in [0.1, 0.15) is 18.4 Å². The highest BCUT2D eigenvalue weighted by Gasteiger charge is 2.63. The van der Waals surface area contributed by atoms with Crippen molar-refractivity contribution in [1.29, 1.82) is 0 Å². The van der Waals surface area contributed by atoms with E-state index in [9.17, 15) is 15.0 Å². The largest absolute Gasteiger partial charge is 0.460 e. The SMILES string of the molecule is CN1[C@@H]2CC(OC(=O)C(O)(CO)c3ccccc3)C[C@@H]1[C@H]1O[C@H]12. The molecule has 1 aromatic carbocycles. The molecular formula is C17H21NO5. The Labute approximate surface area is 134 Å². The summed E-state index contributed by atoms with van der Waals surface area (Å²) in [5.74, 6) is -0.783. The van der Waals surface area contributed by atoms with Gasteiger partial charge in [0.15, 0.2) is 0 Å². The van der Waals surface area contributed by atoms with E-state index in [0.29, 0.717) is 18.4 Å². The van der Waals surface area contributed by atoms with Crippen molar-refractivity contribution in [3.05, 3.63) is 35.9 Å². The van der Waals surface area contributed by atoms with Crippen LogP contribution in [0.5, 0.6) is 0 Å². The summed E-state index contributed by atoms with van der Waals surface area (Å²) in [6.07, 6.45) is 1.69. The van der Waals surface area contributed by atoms with E-state index in [2.05, 4.69) is 11.9 Å². The minimum Gasteiger partial charge on any atom is -0.460 e. The number of likely N-dealkylation sites (N-methyl/N-ethyl adjacent to an activating group) is 1. The molecule has 0 saturated carbocycles. The van der Waals surface area contributed by atoms with Gasteiger partial charge < -0.3 is 19.7 Å². The van der Waals surface area contributed by atoms with Crippen LogP contribution in [0.2, 0.25) is 0 Å². The Kier molecular flexibility index (Phi) is 3.46. The number of ether oxygens (including phenoxy) is 2. The molecule has 2 N–H and O–H groups in total. The summed E-state index contributed by atoms with van der Waals surface area (Å²) in [5.41, 5.74) is -1.67. The van der Waals surface area contributed by atoms with Crippen LogP contribution in [0.25, 0.3) is 0 Å². The molecule has 4 rings (SSSR count). The van der Waals surface area contributed by atoms with E-state index in [0.717, 1.165) is 0 Å². The van der Waals surface area contributed by atoms with Gasteiger partial charge in [0.2, 0.25) is 5.60 Å². The van der Waals surface area contributed by atoms with Crippen molar-refractivity contribution >= 4 is 5.97 Å². The van der Waals surface area contributed by atoms with Crippen LogP contribution < -0.4 is 0 Å². The summed E-state index contributed by atoms with van der Waals surface area (Å²) in [6.45, 7) is -0.705. The predicted molar refractivity (Wildman–Crippen MR) is 80.5 cm³/mol. The van der Waals surface area contributed by atoms with Crippen LogP contribution in [0.4, 0.5) is 0 Å². The highest BCUT2D eigenvalue weighted by Crippen LogP contribution is 2.48. The van der Waals surface area contributed by atoms with Crippen molar-refractivity contribution in [1.82, 2.24) is 4.90 Å². The molecule has 0 aliphatic carbocycles. The van der Waals surface area contributed by atoms with Crippen molar-refractivity contribution in [3.8, 4) is 0 Å². The van der Waals surface area contributed by atoms with Crippen LogP contribution in [0.3, 0.4) is 0 Å². The third-order valence-electron chi connectivity index (χ3n) is 5.47. The third-order valence-corrected chi connectivity index (χ3v) is 5.47.